The predicted molar refractivity (Wildman–Crippen MR) is 86.7 cm³/mol. The van der Waals surface area contributed by atoms with Gasteiger partial charge in [0.15, 0.2) is 0 Å². The van der Waals surface area contributed by atoms with Gasteiger partial charge in [0.2, 0.25) is 5.88 Å². The SMILES string of the molecule is COc1ccc(C(=O)NC2CCOCC2OCC=C(C)C)cn1. The molecule has 0 aromatic carbocycles. The Morgan fingerprint density at radius 1 is 1.48 bits per heavy atom. The highest BCUT2D eigenvalue weighted by molar-refractivity contribution is 5.94. The smallest absolute Gasteiger partial charge is 0.253 e. The van der Waals surface area contributed by atoms with Gasteiger partial charge in [-0.05, 0) is 26.3 Å². The first-order valence-corrected chi connectivity index (χ1v) is 7.73. The molecule has 1 saturated heterocycles. The molecule has 0 radical (unpaired) electrons. The molecule has 0 aliphatic carbocycles. The fourth-order valence-electron chi connectivity index (χ4n) is 2.27. The number of pyridine rings is 1. The molecule has 2 rings (SSSR count). The lowest BCUT2D eigenvalue weighted by Crippen LogP contribution is -2.50. The Labute approximate surface area is 136 Å². The van der Waals surface area contributed by atoms with Crippen LogP contribution >= 0.6 is 0 Å². The Bertz CT molecular complexity index is 538. The van der Waals surface area contributed by atoms with Crippen LogP contribution in [0, 0.1) is 0 Å². The zero-order chi connectivity index (χ0) is 16.7. The first-order valence-electron chi connectivity index (χ1n) is 7.73. The molecule has 1 fully saturated rings. The molecule has 23 heavy (non-hydrogen) atoms. The van der Waals surface area contributed by atoms with Gasteiger partial charge in [0.05, 0.1) is 31.9 Å². The maximum absolute atomic E-state index is 12.3. The van der Waals surface area contributed by atoms with Crippen LogP contribution in [0.15, 0.2) is 30.0 Å². The van der Waals surface area contributed by atoms with Crippen LogP contribution in [-0.4, -0.2) is 50.0 Å². The van der Waals surface area contributed by atoms with Crippen LogP contribution in [0.4, 0.5) is 0 Å². The third kappa shape index (κ3) is 5.33. The minimum Gasteiger partial charge on any atom is -0.481 e. The van der Waals surface area contributed by atoms with Crippen molar-refractivity contribution < 1.29 is 19.0 Å². The molecular formula is C17H24N2O4. The summed E-state index contributed by atoms with van der Waals surface area (Å²) >= 11 is 0. The highest BCUT2D eigenvalue weighted by Crippen LogP contribution is 2.13. The van der Waals surface area contributed by atoms with E-state index in [2.05, 4.69) is 10.3 Å². The first-order chi connectivity index (χ1) is 11.1. The van der Waals surface area contributed by atoms with Gasteiger partial charge < -0.3 is 19.5 Å². The standard InChI is InChI=1S/C17H24N2O4/c1-12(2)6-9-23-15-11-22-8-7-14(15)19-17(20)13-4-5-16(21-3)18-10-13/h4-6,10,14-15H,7-9,11H2,1-3H3,(H,19,20). The average molecular weight is 320 g/mol. The van der Waals surface area contributed by atoms with Gasteiger partial charge in [0, 0.05) is 18.9 Å². The molecule has 1 N–H and O–H groups in total. The fourth-order valence-corrected chi connectivity index (χ4v) is 2.27. The van der Waals surface area contributed by atoms with Crippen molar-refractivity contribution >= 4 is 5.91 Å². The molecule has 0 spiro atoms. The van der Waals surface area contributed by atoms with E-state index in [4.69, 9.17) is 14.2 Å². The van der Waals surface area contributed by atoms with E-state index >= 15 is 0 Å². The Morgan fingerprint density at radius 3 is 2.96 bits per heavy atom. The summed E-state index contributed by atoms with van der Waals surface area (Å²) in [4.78, 5) is 16.4. The number of nitrogens with one attached hydrogen (secondary N) is 1. The van der Waals surface area contributed by atoms with E-state index in [1.54, 1.807) is 19.2 Å². The molecule has 2 unspecified atom stereocenters. The number of hydrogen-bond donors (Lipinski definition) is 1. The van der Waals surface area contributed by atoms with E-state index in [-0.39, 0.29) is 18.1 Å². The van der Waals surface area contributed by atoms with E-state index < -0.39 is 0 Å². The average Bonchev–Trinajstić information content (AvgIpc) is 2.56. The lowest BCUT2D eigenvalue weighted by molar-refractivity contribution is -0.0589. The first kappa shape index (κ1) is 17.4. The quantitative estimate of drug-likeness (QED) is 0.812. The molecule has 1 aliphatic heterocycles. The Balaban J connectivity index is 1.94. The van der Waals surface area contributed by atoms with Crippen LogP contribution in [0.25, 0.3) is 0 Å². The van der Waals surface area contributed by atoms with Crippen molar-refractivity contribution in [3.8, 4) is 5.88 Å². The van der Waals surface area contributed by atoms with Gasteiger partial charge >= 0.3 is 0 Å². The summed E-state index contributed by atoms with van der Waals surface area (Å²) < 4.78 is 16.3. The minimum atomic E-state index is -0.164. The van der Waals surface area contributed by atoms with Gasteiger partial charge in [-0.3, -0.25) is 4.79 Å². The third-order valence-electron chi connectivity index (χ3n) is 3.63. The summed E-state index contributed by atoms with van der Waals surface area (Å²) in [6.07, 6.45) is 4.11. The van der Waals surface area contributed by atoms with E-state index in [0.29, 0.717) is 31.3 Å². The molecule has 1 aromatic rings. The predicted octanol–water partition coefficient (Wildman–Crippen LogP) is 1.96. The highest BCUT2D eigenvalue weighted by atomic mass is 16.5. The summed E-state index contributed by atoms with van der Waals surface area (Å²) in [7, 11) is 1.54. The van der Waals surface area contributed by atoms with E-state index in [9.17, 15) is 4.79 Å². The van der Waals surface area contributed by atoms with E-state index in [1.807, 2.05) is 19.9 Å². The van der Waals surface area contributed by atoms with Gasteiger partial charge in [-0.25, -0.2) is 4.98 Å². The number of nitrogens with zero attached hydrogens (tertiary/aromatic N) is 1. The second-order valence-electron chi connectivity index (χ2n) is 5.69. The van der Waals surface area contributed by atoms with Gasteiger partial charge in [-0.15, -0.1) is 0 Å². The number of methoxy groups -OCH3 is 1. The molecule has 6 nitrogen and oxygen atoms in total. The molecule has 1 aliphatic rings. The number of rotatable bonds is 6. The summed E-state index contributed by atoms with van der Waals surface area (Å²) in [5.41, 5.74) is 1.70. The van der Waals surface area contributed by atoms with Crippen LogP contribution in [-0.2, 0) is 9.47 Å². The zero-order valence-electron chi connectivity index (χ0n) is 13.9. The maximum atomic E-state index is 12.3. The lowest BCUT2D eigenvalue weighted by Gasteiger charge is -2.31. The van der Waals surface area contributed by atoms with Crippen molar-refractivity contribution in [2.45, 2.75) is 32.4 Å². The second-order valence-corrected chi connectivity index (χ2v) is 5.69. The summed E-state index contributed by atoms with van der Waals surface area (Å²) in [6.45, 7) is 5.68. The maximum Gasteiger partial charge on any atom is 0.253 e. The molecule has 1 aromatic heterocycles. The molecule has 2 atom stereocenters. The number of allylic oxidation sites excluding steroid dienone is 1. The molecule has 0 bridgehead atoms. The van der Waals surface area contributed by atoms with Crippen molar-refractivity contribution in [2.24, 2.45) is 0 Å². The third-order valence-corrected chi connectivity index (χ3v) is 3.63. The van der Waals surface area contributed by atoms with Gasteiger partial charge in [0.1, 0.15) is 6.10 Å². The van der Waals surface area contributed by atoms with E-state index in [1.165, 1.54) is 11.8 Å². The van der Waals surface area contributed by atoms with Gasteiger partial charge in [-0.1, -0.05) is 11.6 Å². The Kier molecular flexibility index (Phi) is 6.55. The topological polar surface area (TPSA) is 69.7 Å². The number of aromatic nitrogens is 1. The molecule has 0 saturated carbocycles. The molecule has 1 amide bonds. The van der Waals surface area contributed by atoms with Gasteiger partial charge in [-0.2, -0.15) is 0 Å². The number of amides is 1. The fraction of sp³-hybridized carbons (Fsp3) is 0.529. The summed E-state index contributed by atoms with van der Waals surface area (Å²) in [5.74, 6) is 0.318. The lowest BCUT2D eigenvalue weighted by atomic mass is 10.1. The molecule has 126 valence electrons. The number of carbonyl (C=O) groups excluding carboxylic acids is 1. The zero-order valence-corrected chi connectivity index (χ0v) is 13.9. The number of ether oxygens (including phenoxy) is 3. The van der Waals surface area contributed by atoms with Crippen LogP contribution in [0.5, 0.6) is 5.88 Å². The molecule has 6 heteroatoms. The number of hydrogen-bond acceptors (Lipinski definition) is 5. The second kappa shape index (κ2) is 8.64. The van der Waals surface area contributed by atoms with Gasteiger partial charge in [0.25, 0.3) is 5.91 Å². The summed E-state index contributed by atoms with van der Waals surface area (Å²) in [5, 5.41) is 3.02. The van der Waals surface area contributed by atoms with Crippen molar-refractivity contribution in [3.05, 3.63) is 35.5 Å². The van der Waals surface area contributed by atoms with Crippen LogP contribution in [0.1, 0.15) is 30.6 Å². The normalized spacial score (nSPS) is 20.7. The van der Waals surface area contributed by atoms with E-state index in [0.717, 1.165) is 6.42 Å². The minimum absolute atomic E-state index is 0.0658. The highest BCUT2D eigenvalue weighted by Gasteiger charge is 2.28. The Hall–Kier alpha value is -1.92. The summed E-state index contributed by atoms with van der Waals surface area (Å²) in [6, 6.07) is 3.30. The van der Waals surface area contributed by atoms with Crippen LogP contribution in [0.3, 0.4) is 0 Å². The van der Waals surface area contributed by atoms with Crippen LogP contribution < -0.4 is 10.1 Å². The largest absolute Gasteiger partial charge is 0.481 e. The van der Waals surface area contributed by atoms with Crippen molar-refractivity contribution in [3.63, 3.8) is 0 Å². The van der Waals surface area contributed by atoms with Crippen molar-refractivity contribution in [2.75, 3.05) is 26.9 Å². The van der Waals surface area contributed by atoms with Crippen molar-refractivity contribution in [1.29, 1.82) is 0 Å². The Morgan fingerprint density at radius 2 is 2.30 bits per heavy atom. The monoisotopic (exact) mass is 320 g/mol. The number of carbonyl (C=O) groups is 1. The van der Waals surface area contributed by atoms with Crippen molar-refractivity contribution in [1.82, 2.24) is 10.3 Å². The molecule has 2 heterocycles. The van der Waals surface area contributed by atoms with Crippen LogP contribution in [0.2, 0.25) is 0 Å². The molecular weight excluding hydrogens is 296 g/mol.